The van der Waals surface area contributed by atoms with E-state index in [1.807, 2.05) is 0 Å². The zero-order chi connectivity index (χ0) is 6.32. The van der Waals surface area contributed by atoms with Crippen LogP contribution in [-0.4, -0.2) is 12.2 Å². The van der Waals surface area contributed by atoms with Crippen LogP contribution >= 0.6 is 0 Å². The van der Waals surface area contributed by atoms with E-state index in [9.17, 15) is 0 Å². The van der Waals surface area contributed by atoms with E-state index in [0.29, 0.717) is 0 Å². The third-order valence-corrected chi connectivity index (χ3v) is 2.38. The summed E-state index contributed by atoms with van der Waals surface area (Å²) in [5.41, 5.74) is 0.231. The topological polar surface area (TPSA) is 9.23 Å². The number of hydrogen-bond acceptors (Lipinski definition) is 1. The maximum Gasteiger partial charge on any atom is 0.0896 e. The number of hydrogen-bond donors (Lipinski definition) is 0. The molecule has 0 radical (unpaired) electrons. The minimum atomic E-state index is 0.231. The predicted octanol–water partition coefficient (Wildman–Crippen LogP) is 1.74. The lowest BCUT2D eigenvalue weighted by Gasteiger charge is -2.03. The lowest BCUT2D eigenvalue weighted by molar-refractivity contribution is 0.102. The van der Waals surface area contributed by atoms with Crippen molar-refractivity contribution in [1.29, 1.82) is 0 Å². The highest BCUT2D eigenvalue weighted by atomic mass is 16.5. The average molecular weight is 124 g/mol. The number of rotatable bonds is 1. The average Bonchev–Trinajstić information content (AvgIpc) is 2.37. The zero-order valence-corrected chi connectivity index (χ0v) is 5.76. The number of allylic oxidation sites excluding steroid dienone is 1. The van der Waals surface area contributed by atoms with Gasteiger partial charge in [-0.05, 0) is 25.7 Å². The van der Waals surface area contributed by atoms with E-state index in [1.165, 1.54) is 12.8 Å². The summed E-state index contributed by atoms with van der Waals surface area (Å²) in [6.07, 6.45) is 6.87. The molecule has 0 spiro atoms. The van der Waals surface area contributed by atoms with Gasteiger partial charge in [0.15, 0.2) is 0 Å². The second-order valence-electron chi connectivity index (χ2n) is 2.99. The molecule has 9 heavy (non-hydrogen) atoms. The van der Waals surface area contributed by atoms with Crippen molar-refractivity contribution in [1.82, 2.24) is 0 Å². The van der Waals surface area contributed by atoms with Crippen LogP contribution in [0, 0.1) is 5.92 Å². The fourth-order valence-corrected chi connectivity index (χ4v) is 1.77. The summed E-state index contributed by atoms with van der Waals surface area (Å²) in [6.45, 7) is 3.04. The van der Waals surface area contributed by atoms with E-state index in [1.54, 1.807) is 0 Å². The summed E-state index contributed by atoms with van der Waals surface area (Å²) >= 11 is 0. The summed E-state index contributed by atoms with van der Waals surface area (Å²) in [5.74, 6) is 0.869. The molecule has 2 aliphatic rings. The molecule has 0 bridgehead atoms. The van der Waals surface area contributed by atoms with Crippen LogP contribution in [0.1, 0.15) is 19.8 Å². The molecule has 1 saturated heterocycles. The smallest absolute Gasteiger partial charge is 0.0896 e. The van der Waals surface area contributed by atoms with Crippen LogP contribution in [-0.2, 0) is 4.74 Å². The van der Waals surface area contributed by atoms with Crippen molar-refractivity contribution in [2.75, 3.05) is 6.61 Å². The minimum Gasteiger partial charge on any atom is -0.371 e. The lowest BCUT2D eigenvalue weighted by Crippen LogP contribution is -2.06. The molecule has 2 fully saturated rings. The number of ether oxygens (including phenoxy) is 1. The molecule has 2 atom stereocenters. The second kappa shape index (κ2) is 1.60. The van der Waals surface area contributed by atoms with Crippen LogP contribution in [0.2, 0.25) is 0 Å². The van der Waals surface area contributed by atoms with Gasteiger partial charge in [0, 0.05) is 6.61 Å². The maximum absolute atomic E-state index is 5.57. The van der Waals surface area contributed by atoms with Crippen molar-refractivity contribution in [3.05, 3.63) is 12.2 Å². The fourth-order valence-electron chi connectivity index (χ4n) is 1.77. The summed E-state index contributed by atoms with van der Waals surface area (Å²) in [4.78, 5) is 0. The Balaban J connectivity index is 2.10. The summed E-state index contributed by atoms with van der Waals surface area (Å²) in [7, 11) is 0. The Kier molecular flexibility index (Phi) is 0.974. The molecular formula is C8H12O. The van der Waals surface area contributed by atoms with E-state index in [2.05, 4.69) is 19.1 Å². The van der Waals surface area contributed by atoms with E-state index >= 15 is 0 Å². The molecule has 0 N–H and O–H groups in total. The maximum atomic E-state index is 5.57. The molecule has 0 aromatic carbocycles. The predicted molar refractivity (Wildman–Crippen MR) is 36.2 cm³/mol. The number of fused-ring (bicyclic) bond motifs is 1. The van der Waals surface area contributed by atoms with Crippen LogP contribution in [0.5, 0.6) is 0 Å². The largest absolute Gasteiger partial charge is 0.371 e. The van der Waals surface area contributed by atoms with Gasteiger partial charge in [-0.3, -0.25) is 0 Å². The Morgan fingerprint density at radius 1 is 1.67 bits per heavy atom. The van der Waals surface area contributed by atoms with Gasteiger partial charge in [0.25, 0.3) is 0 Å². The van der Waals surface area contributed by atoms with Crippen molar-refractivity contribution in [2.24, 2.45) is 5.92 Å². The highest BCUT2D eigenvalue weighted by Gasteiger charge is 2.56. The molecular weight excluding hydrogens is 112 g/mol. The normalized spacial score (nSPS) is 47.9. The van der Waals surface area contributed by atoms with Crippen molar-refractivity contribution in [3.63, 3.8) is 0 Å². The third kappa shape index (κ3) is 0.645. The first kappa shape index (κ1) is 5.48. The van der Waals surface area contributed by atoms with Gasteiger partial charge in [-0.1, -0.05) is 12.2 Å². The Hall–Kier alpha value is -0.300. The molecule has 0 amide bonds. The molecule has 1 aliphatic carbocycles. The molecule has 2 rings (SSSR count). The van der Waals surface area contributed by atoms with E-state index in [4.69, 9.17) is 4.74 Å². The summed E-state index contributed by atoms with van der Waals surface area (Å²) < 4.78 is 5.57. The van der Waals surface area contributed by atoms with E-state index in [0.717, 1.165) is 12.5 Å². The highest BCUT2D eigenvalue weighted by molar-refractivity contribution is 5.20. The van der Waals surface area contributed by atoms with Gasteiger partial charge in [-0.25, -0.2) is 0 Å². The van der Waals surface area contributed by atoms with Crippen LogP contribution in [0.4, 0.5) is 0 Å². The molecule has 2 unspecified atom stereocenters. The quantitative estimate of drug-likeness (QED) is 0.484. The SMILES string of the molecule is C/C=C\C12CC1CCO2. The van der Waals surface area contributed by atoms with Crippen molar-refractivity contribution in [2.45, 2.75) is 25.4 Å². The van der Waals surface area contributed by atoms with Crippen LogP contribution < -0.4 is 0 Å². The van der Waals surface area contributed by atoms with Crippen LogP contribution in [0.15, 0.2) is 12.2 Å². The van der Waals surface area contributed by atoms with Gasteiger partial charge in [-0.15, -0.1) is 0 Å². The van der Waals surface area contributed by atoms with Crippen molar-refractivity contribution >= 4 is 0 Å². The first-order chi connectivity index (χ1) is 4.37. The van der Waals surface area contributed by atoms with Gasteiger partial charge < -0.3 is 4.74 Å². The third-order valence-electron chi connectivity index (χ3n) is 2.38. The highest BCUT2D eigenvalue weighted by Crippen LogP contribution is 2.54. The summed E-state index contributed by atoms with van der Waals surface area (Å²) in [5, 5.41) is 0. The van der Waals surface area contributed by atoms with Gasteiger partial charge >= 0.3 is 0 Å². The monoisotopic (exact) mass is 124 g/mol. The molecule has 1 saturated carbocycles. The molecule has 0 aromatic rings. The minimum absolute atomic E-state index is 0.231. The Labute approximate surface area is 55.7 Å². The summed E-state index contributed by atoms with van der Waals surface area (Å²) in [6, 6.07) is 0. The second-order valence-corrected chi connectivity index (χ2v) is 2.99. The molecule has 1 nitrogen and oxygen atoms in total. The fraction of sp³-hybridized carbons (Fsp3) is 0.750. The molecule has 0 aromatic heterocycles. The van der Waals surface area contributed by atoms with Crippen LogP contribution in [0.25, 0.3) is 0 Å². The Morgan fingerprint density at radius 2 is 2.56 bits per heavy atom. The first-order valence-electron chi connectivity index (χ1n) is 3.65. The first-order valence-corrected chi connectivity index (χ1v) is 3.65. The molecule has 1 aliphatic heterocycles. The Morgan fingerprint density at radius 3 is 3.00 bits per heavy atom. The van der Waals surface area contributed by atoms with E-state index < -0.39 is 0 Å². The molecule has 1 heterocycles. The van der Waals surface area contributed by atoms with Crippen molar-refractivity contribution < 1.29 is 4.74 Å². The van der Waals surface area contributed by atoms with Crippen LogP contribution in [0.3, 0.4) is 0 Å². The van der Waals surface area contributed by atoms with Gasteiger partial charge in [-0.2, -0.15) is 0 Å². The Bertz CT molecular complexity index is 151. The molecule has 1 heteroatoms. The lowest BCUT2D eigenvalue weighted by atomic mass is 10.2. The van der Waals surface area contributed by atoms with Gasteiger partial charge in [0.2, 0.25) is 0 Å². The van der Waals surface area contributed by atoms with E-state index in [-0.39, 0.29) is 5.60 Å². The van der Waals surface area contributed by atoms with Gasteiger partial charge in [0.05, 0.1) is 5.60 Å². The standard InChI is InChI=1S/C8H12O/c1-2-4-8-6-7(8)3-5-9-8/h2,4,7H,3,5-6H2,1H3/b4-2-. The van der Waals surface area contributed by atoms with Crippen molar-refractivity contribution in [3.8, 4) is 0 Å². The zero-order valence-electron chi connectivity index (χ0n) is 5.76. The molecule has 50 valence electrons. The van der Waals surface area contributed by atoms with Gasteiger partial charge in [0.1, 0.15) is 0 Å².